The van der Waals surface area contributed by atoms with E-state index in [9.17, 15) is 0 Å². The van der Waals surface area contributed by atoms with Crippen LogP contribution in [-0.4, -0.2) is 10.1 Å². The van der Waals surface area contributed by atoms with Gasteiger partial charge in [-0.25, -0.2) is 4.98 Å². The summed E-state index contributed by atoms with van der Waals surface area (Å²) in [6, 6.07) is 9.60. The maximum absolute atomic E-state index is 9.07. The maximum atomic E-state index is 9.07. The highest BCUT2D eigenvalue weighted by Crippen LogP contribution is 2.30. The predicted molar refractivity (Wildman–Crippen MR) is 68.0 cm³/mol. The van der Waals surface area contributed by atoms with Crippen molar-refractivity contribution in [2.24, 2.45) is 0 Å². The lowest BCUT2D eigenvalue weighted by Crippen LogP contribution is -1.81. The van der Waals surface area contributed by atoms with Crippen molar-refractivity contribution >= 4 is 22.4 Å². The van der Waals surface area contributed by atoms with Crippen molar-refractivity contribution < 1.29 is 9.52 Å². The van der Waals surface area contributed by atoms with Gasteiger partial charge in [0.05, 0.1) is 11.5 Å². The summed E-state index contributed by atoms with van der Waals surface area (Å²) in [5.41, 5.74) is 2.39. The Balaban J connectivity index is 2.13. The van der Waals surface area contributed by atoms with E-state index in [4.69, 9.17) is 9.52 Å². The fraction of sp³-hybridized carbons (Fsp3) is 0.154. The number of aryl methyl sites for hydroxylation is 1. The molecule has 4 heteroatoms. The molecule has 1 aromatic carbocycles. The van der Waals surface area contributed by atoms with Gasteiger partial charge in [-0.1, -0.05) is 6.07 Å². The molecule has 3 rings (SSSR count). The largest absolute Gasteiger partial charge is 0.435 e. The summed E-state index contributed by atoms with van der Waals surface area (Å²) in [4.78, 5) is 6.70. The van der Waals surface area contributed by atoms with E-state index < -0.39 is 0 Å². The van der Waals surface area contributed by atoms with Crippen LogP contribution in [0, 0.1) is 6.92 Å². The smallest absolute Gasteiger partial charge is 0.237 e. The molecule has 0 unspecified atom stereocenters. The minimum absolute atomic E-state index is 0.0241. The molecule has 3 aromatic rings. The molecule has 0 aliphatic heterocycles. The molecule has 2 heterocycles. The number of oxazole rings is 1. The molecule has 17 heavy (non-hydrogen) atoms. The van der Waals surface area contributed by atoms with Crippen molar-refractivity contribution in [3.8, 4) is 10.8 Å². The van der Waals surface area contributed by atoms with E-state index in [2.05, 4.69) is 11.9 Å². The first-order chi connectivity index (χ1) is 8.26. The third-order valence-electron chi connectivity index (χ3n) is 2.59. The van der Waals surface area contributed by atoms with Gasteiger partial charge in [0, 0.05) is 4.88 Å². The van der Waals surface area contributed by atoms with E-state index in [1.54, 1.807) is 11.3 Å². The van der Waals surface area contributed by atoms with Crippen LogP contribution in [0.2, 0.25) is 0 Å². The summed E-state index contributed by atoms with van der Waals surface area (Å²) in [6.45, 7) is 2.08. The normalized spacial score (nSPS) is 11.2. The molecule has 0 fully saturated rings. The average Bonchev–Trinajstić information content (AvgIpc) is 2.93. The quantitative estimate of drug-likeness (QED) is 0.753. The van der Waals surface area contributed by atoms with E-state index in [1.165, 1.54) is 4.88 Å². The Morgan fingerprint density at radius 2 is 2.18 bits per heavy atom. The lowest BCUT2D eigenvalue weighted by Gasteiger charge is -1.92. The van der Waals surface area contributed by atoms with Crippen molar-refractivity contribution in [2.75, 3.05) is 0 Å². The van der Waals surface area contributed by atoms with Gasteiger partial charge in [0.15, 0.2) is 5.58 Å². The summed E-state index contributed by atoms with van der Waals surface area (Å²) >= 11 is 1.66. The van der Waals surface area contributed by atoms with Gasteiger partial charge in [0.25, 0.3) is 0 Å². The number of rotatable bonds is 2. The van der Waals surface area contributed by atoms with Gasteiger partial charge in [-0.05, 0) is 36.8 Å². The van der Waals surface area contributed by atoms with Gasteiger partial charge in [0.2, 0.25) is 5.89 Å². The number of aliphatic hydroxyl groups excluding tert-OH is 1. The van der Waals surface area contributed by atoms with Gasteiger partial charge in [0.1, 0.15) is 5.52 Å². The molecule has 0 saturated carbocycles. The topological polar surface area (TPSA) is 46.3 Å². The Labute approximate surface area is 102 Å². The predicted octanol–water partition coefficient (Wildman–Crippen LogP) is 3.36. The Bertz CT molecular complexity index is 669. The molecule has 0 radical (unpaired) electrons. The zero-order valence-electron chi connectivity index (χ0n) is 9.30. The van der Waals surface area contributed by atoms with Gasteiger partial charge in [-0.15, -0.1) is 11.3 Å². The number of aromatic nitrogens is 1. The summed E-state index contributed by atoms with van der Waals surface area (Å²) < 4.78 is 5.68. The zero-order valence-corrected chi connectivity index (χ0v) is 10.1. The number of hydrogen-bond acceptors (Lipinski definition) is 4. The van der Waals surface area contributed by atoms with Gasteiger partial charge >= 0.3 is 0 Å². The van der Waals surface area contributed by atoms with Gasteiger partial charge in [-0.3, -0.25) is 0 Å². The molecule has 1 N–H and O–H groups in total. The average molecular weight is 245 g/mol. The van der Waals surface area contributed by atoms with Crippen LogP contribution in [-0.2, 0) is 6.61 Å². The Morgan fingerprint density at radius 3 is 2.88 bits per heavy atom. The van der Waals surface area contributed by atoms with Crippen molar-refractivity contribution in [3.63, 3.8) is 0 Å². The van der Waals surface area contributed by atoms with Crippen LogP contribution >= 0.6 is 11.3 Å². The van der Waals surface area contributed by atoms with E-state index in [-0.39, 0.29) is 6.61 Å². The second-order valence-corrected chi connectivity index (χ2v) is 5.18. The molecule has 0 aliphatic rings. The monoisotopic (exact) mass is 245 g/mol. The third-order valence-corrected chi connectivity index (χ3v) is 3.57. The molecule has 2 aromatic heterocycles. The SMILES string of the molecule is Cc1ccc(-c2nc3cc(CO)ccc3o2)s1. The number of thiophene rings is 1. The van der Waals surface area contributed by atoms with Crippen molar-refractivity contribution in [1.29, 1.82) is 0 Å². The number of nitrogens with zero attached hydrogens (tertiary/aromatic N) is 1. The van der Waals surface area contributed by atoms with Crippen molar-refractivity contribution in [2.45, 2.75) is 13.5 Å². The molecule has 86 valence electrons. The van der Waals surface area contributed by atoms with E-state index >= 15 is 0 Å². The highest BCUT2D eigenvalue weighted by atomic mass is 32.1. The lowest BCUT2D eigenvalue weighted by molar-refractivity contribution is 0.282. The van der Waals surface area contributed by atoms with Crippen LogP contribution < -0.4 is 0 Å². The molecule has 0 amide bonds. The second-order valence-electron chi connectivity index (χ2n) is 3.89. The first-order valence-electron chi connectivity index (χ1n) is 5.33. The molecule has 0 spiro atoms. The zero-order chi connectivity index (χ0) is 11.8. The van der Waals surface area contributed by atoms with E-state index in [0.29, 0.717) is 5.89 Å². The Kier molecular flexibility index (Phi) is 2.46. The minimum atomic E-state index is 0.0241. The van der Waals surface area contributed by atoms with Crippen LogP contribution in [0.3, 0.4) is 0 Å². The third kappa shape index (κ3) is 1.85. The highest BCUT2D eigenvalue weighted by Gasteiger charge is 2.10. The van der Waals surface area contributed by atoms with Crippen LogP contribution in [0.15, 0.2) is 34.7 Å². The van der Waals surface area contributed by atoms with Crippen molar-refractivity contribution in [1.82, 2.24) is 4.98 Å². The first kappa shape index (κ1) is 10.5. The fourth-order valence-electron chi connectivity index (χ4n) is 1.73. The van der Waals surface area contributed by atoms with E-state index in [0.717, 1.165) is 21.5 Å². The van der Waals surface area contributed by atoms with Gasteiger partial charge < -0.3 is 9.52 Å². The number of aliphatic hydroxyl groups is 1. The van der Waals surface area contributed by atoms with Crippen LogP contribution in [0.4, 0.5) is 0 Å². The van der Waals surface area contributed by atoms with E-state index in [1.807, 2.05) is 30.3 Å². The van der Waals surface area contributed by atoms with Crippen LogP contribution in [0.1, 0.15) is 10.4 Å². The summed E-state index contributed by atoms with van der Waals surface area (Å²) in [5, 5.41) is 9.07. The number of hydrogen-bond donors (Lipinski definition) is 1. The molecule has 0 aliphatic carbocycles. The molecule has 0 atom stereocenters. The Hall–Kier alpha value is -1.65. The van der Waals surface area contributed by atoms with Gasteiger partial charge in [-0.2, -0.15) is 0 Å². The fourth-order valence-corrected chi connectivity index (χ4v) is 2.52. The summed E-state index contributed by atoms with van der Waals surface area (Å²) in [5.74, 6) is 0.646. The Morgan fingerprint density at radius 1 is 1.29 bits per heavy atom. The molecule has 0 saturated heterocycles. The standard InChI is InChI=1S/C13H11NO2S/c1-8-2-5-12(17-8)13-14-10-6-9(7-15)3-4-11(10)16-13/h2-6,15H,7H2,1H3. The second kappa shape index (κ2) is 3.98. The minimum Gasteiger partial charge on any atom is -0.435 e. The molecule has 3 nitrogen and oxygen atoms in total. The highest BCUT2D eigenvalue weighted by molar-refractivity contribution is 7.15. The number of benzene rings is 1. The summed E-state index contributed by atoms with van der Waals surface area (Å²) in [7, 11) is 0. The first-order valence-corrected chi connectivity index (χ1v) is 6.15. The molecular formula is C13H11NO2S. The lowest BCUT2D eigenvalue weighted by atomic mass is 10.2. The van der Waals surface area contributed by atoms with Crippen LogP contribution in [0.25, 0.3) is 21.9 Å². The molecular weight excluding hydrogens is 234 g/mol. The summed E-state index contributed by atoms with van der Waals surface area (Å²) in [6.07, 6.45) is 0. The van der Waals surface area contributed by atoms with Crippen molar-refractivity contribution in [3.05, 3.63) is 40.8 Å². The number of fused-ring (bicyclic) bond motifs is 1. The molecule has 0 bridgehead atoms. The van der Waals surface area contributed by atoms with Crippen LogP contribution in [0.5, 0.6) is 0 Å². The maximum Gasteiger partial charge on any atom is 0.237 e.